The third kappa shape index (κ3) is 5.39. The lowest BCUT2D eigenvalue weighted by molar-refractivity contribution is -0.153. The van der Waals surface area contributed by atoms with Crippen LogP contribution in [0.4, 0.5) is 18.0 Å². The summed E-state index contributed by atoms with van der Waals surface area (Å²) in [6.07, 6.45) is -4.37. The first kappa shape index (κ1) is 20.0. The van der Waals surface area contributed by atoms with Gasteiger partial charge in [-0.2, -0.15) is 13.2 Å². The summed E-state index contributed by atoms with van der Waals surface area (Å²) in [7, 11) is 1.72. The Morgan fingerprint density at radius 3 is 2.57 bits per heavy atom. The second kappa shape index (κ2) is 8.52. The Bertz CT molecular complexity index is 939. The minimum absolute atomic E-state index is 0.133. The number of carbonyl (C=O) groups is 1. The second-order valence-electron chi connectivity index (χ2n) is 6.32. The fraction of sp³-hybridized carbons (Fsp3) is 0.250. The summed E-state index contributed by atoms with van der Waals surface area (Å²) in [5, 5.41) is 5.99. The molecule has 2 aromatic carbocycles. The fourth-order valence-electron chi connectivity index (χ4n) is 2.66. The minimum atomic E-state index is -4.37. The molecule has 0 radical (unpaired) electrons. The van der Waals surface area contributed by atoms with Gasteiger partial charge in [0.2, 0.25) is 0 Å². The number of alkyl halides is 3. The zero-order chi connectivity index (χ0) is 20.1. The molecule has 2 amide bonds. The van der Waals surface area contributed by atoms with Gasteiger partial charge in [-0.1, -0.05) is 30.3 Å². The van der Waals surface area contributed by atoms with Crippen LogP contribution in [0.3, 0.4) is 0 Å². The summed E-state index contributed by atoms with van der Waals surface area (Å²) in [5.74, 6) is 0.133. The molecule has 1 N–H and O–H groups in total. The molecule has 8 heteroatoms. The number of thiophene rings is 1. The van der Waals surface area contributed by atoms with Crippen LogP contribution in [-0.4, -0.2) is 30.8 Å². The highest BCUT2D eigenvalue weighted by Gasteiger charge is 2.28. The number of rotatable bonds is 6. The normalized spacial score (nSPS) is 11.4. The monoisotopic (exact) mass is 408 g/mol. The van der Waals surface area contributed by atoms with Crippen LogP contribution < -0.4 is 10.1 Å². The molecule has 0 saturated heterocycles. The number of amides is 2. The average Bonchev–Trinajstić information content (AvgIpc) is 3.07. The number of nitrogens with one attached hydrogen (secondary N) is 1. The van der Waals surface area contributed by atoms with Gasteiger partial charge in [-0.05, 0) is 40.1 Å². The highest BCUT2D eigenvalue weighted by Crippen LogP contribution is 2.26. The molecular formula is C20H19F3N2O2S. The van der Waals surface area contributed by atoms with E-state index in [-0.39, 0.29) is 18.3 Å². The number of fused-ring (bicyclic) bond motifs is 1. The van der Waals surface area contributed by atoms with Gasteiger partial charge in [-0.25, -0.2) is 4.79 Å². The third-order valence-electron chi connectivity index (χ3n) is 4.08. The van der Waals surface area contributed by atoms with E-state index in [9.17, 15) is 18.0 Å². The summed E-state index contributed by atoms with van der Waals surface area (Å²) in [6.45, 7) is -0.571. The van der Waals surface area contributed by atoms with Gasteiger partial charge in [0.05, 0.1) is 0 Å². The van der Waals surface area contributed by atoms with Crippen molar-refractivity contribution in [1.82, 2.24) is 10.2 Å². The predicted octanol–water partition coefficient (Wildman–Crippen LogP) is 5.18. The maximum Gasteiger partial charge on any atom is 0.422 e. The molecule has 0 spiro atoms. The SMILES string of the molecule is CN(Cc1csc2ccccc12)C(=O)NCc1ccc(OCC(F)(F)F)cc1. The molecule has 0 fully saturated rings. The van der Waals surface area contributed by atoms with E-state index in [2.05, 4.69) is 10.1 Å². The summed E-state index contributed by atoms with van der Waals surface area (Å²) < 4.78 is 42.3. The van der Waals surface area contributed by atoms with Gasteiger partial charge in [0.1, 0.15) is 5.75 Å². The highest BCUT2D eigenvalue weighted by molar-refractivity contribution is 7.17. The van der Waals surface area contributed by atoms with E-state index in [4.69, 9.17) is 0 Å². The van der Waals surface area contributed by atoms with Crippen molar-refractivity contribution < 1.29 is 22.7 Å². The molecule has 0 aliphatic heterocycles. The topological polar surface area (TPSA) is 41.6 Å². The molecule has 0 atom stereocenters. The van der Waals surface area contributed by atoms with Crippen LogP contribution in [0.25, 0.3) is 10.1 Å². The standard InChI is InChI=1S/C20H19F3N2O2S/c1-25(11-15-12-28-18-5-3-2-4-17(15)18)19(26)24-10-14-6-8-16(9-7-14)27-13-20(21,22)23/h2-9,12H,10-11,13H2,1H3,(H,24,26). The van der Waals surface area contributed by atoms with Crippen LogP contribution in [0.2, 0.25) is 0 Å². The van der Waals surface area contributed by atoms with Crippen molar-refractivity contribution in [2.45, 2.75) is 19.3 Å². The van der Waals surface area contributed by atoms with E-state index in [1.165, 1.54) is 16.8 Å². The van der Waals surface area contributed by atoms with Gasteiger partial charge in [0.25, 0.3) is 0 Å². The molecule has 3 rings (SSSR count). The van der Waals surface area contributed by atoms with Crippen LogP contribution in [0, 0.1) is 0 Å². The number of nitrogens with zero attached hydrogens (tertiary/aromatic N) is 1. The summed E-state index contributed by atoms with van der Waals surface area (Å²) in [4.78, 5) is 13.9. The minimum Gasteiger partial charge on any atom is -0.484 e. The van der Waals surface area contributed by atoms with Crippen molar-refractivity contribution in [2.75, 3.05) is 13.7 Å². The maximum atomic E-state index is 12.3. The van der Waals surface area contributed by atoms with Crippen molar-refractivity contribution in [3.63, 3.8) is 0 Å². The van der Waals surface area contributed by atoms with Crippen molar-refractivity contribution in [3.05, 3.63) is 65.0 Å². The number of hydrogen-bond donors (Lipinski definition) is 1. The zero-order valence-corrected chi connectivity index (χ0v) is 15.9. The smallest absolute Gasteiger partial charge is 0.422 e. The van der Waals surface area contributed by atoms with Gasteiger partial charge in [0, 0.05) is 24.8 Å². The van der Waals surface area contributed by atoms with Crippen LogP contribution in [0.5, 0.6) is 5.75 Å². The Hall–Kier alpha value is -2.74. The van der Waals surface area contributed by atoms with Gasteiger partial charge in [-0.3, -0.25) is 0 Å². The van der Waals surface area contributed by atoms with Gasteiger partial charge in [0.15, 0.2) is 6.61 Å². The van der Waals surface area contributed by atoms with Gasteiger partial charge < -0.3 is 15.0 Å². The van der Waals surface area contributed by atoms with E-state index in [0.29, 0.717) is 6.54 Å². The Morgan fingerprint density at radius 2 is 1.86 bits per heavy atom. The summed E-state index contributed by atoms with van der Waals surface area (Å²) in [6, 6.07) is 14.0. The summed E-state index contributed by atoms with van der Waals surface area (Å²) >= 11 is 1.64. The Balaban J connectivity index is 1.50. The van der Waals surface area contributed by atoms with Crippen LogP contribution >= 0.6 is 11.3 Å². The number of carbonyl (C=O) groups excluding carboxylic acids is 1. The lowest BCUT2D eigenvalue weighted by Gasteiger charge is -2.18. The van der Waals surface area contributed by atoms with Crippen molar-refractivity contribution in [3.8, 4) is 5.75 Å². The Morgan fingerprint density at radius 1 is 1.14 bits per heavy atom. The molecule has 0 aliphatic carbocycles. The van der Waals surface area contributed by atoms with Gasteiger partial charge >= 0.3 is 12.2 Å². The molecule has 4 nitrogen and oxygen atoms in total. The van der Waals surface area contributed by atoms with E-state index >= 15 is 0 Å². The highest BCUT2D eigenvalue weighted by atomic mass is 32.1. The molecule has 3 aromatic rings. The van der Waals surface area contributed by atoms with Crippen LogP contribution in [-0.2, 0) is 13.1 Å². The van der Waals surface area contributed by atoms with Crippen molar-refractivity contribution in [2.24, 2.45) is 0 Å². The molecular weight excluding hydrogens is 389 g/mol. The van der Waals surface area contributed by atoms with E-state index < -0.39 is 12.8 Å². The number of benzene rings is 2. The van der Waals surface area contributed by atoms with Crippen molar-refractivity contribution >= 4 is 27.5 Å². The number of halogens is 3. The fourth-order valence-corrected chi connectivity index (χ4v) is 3.62. The average molecular weight is 408 g/mol. The molecule has 28 heavy (non-hydrogen) atoms. The third-order valence-corrected chi connectivity index (χ3v) is 5.10. The van der Waals surface area contributed by atoms with Gasteiger partial charge in [-0.15, -0.1) is 11.3 Å². The lowest BCUT2D eigenvalue weighted by atomic mass is 10.2. The molecule has 0 unspecified atom stereocenters. The second-order valence-corrected chi connectivity index (χ2v) is 7.23. The van der Waals surface area contributed by atoms with E-state index in [1.807, 2.05) is 29.6 Å². The van der Waals surface area contributed by atoms with E-state index in [1.54, 1.807) is 35.4 Å². The van der Waals surface area contributed by atoms with Crippen LogP contribution in [0.1, 0.15) is 11.1 Å². The van der Waals surface area contributed by atoms with Crippen LogP contribution in [0.15, 0.2) is 53.9 Å². The number of urea groups is 1. The molecule has 0 saturated carbocycles. The number of hydrogen-bond acceptors (Lipinski definition) is 3. The maximum absolute atomic E-state index is 12.3. The number of ether oxygens (including phenoxy) is 1. The molecule has 1 aromatic heterocycles. The first-order valence-electron chi connectivity index (χ1n) is 8.54. The Labute approximate surface area is 164 Å². The molecule has 0 bridgehead atoms. The first-order chi connectivity index (χ1) is 13.3. The largest absolute Gasteiger partial charge is 0.484 e. The molecule has 1 heterocycles. The summed E-state index contributed by atoms with van der Waals surface area (Å²) in [5.41, 5.74) is 1.85. The quantitative estimate of drug-likeness (QED) is 0.610. The molecule has 0 aliphatic rings. The lowest BCUT2D eigenvalue weighted by Crippen LogP contribution is -2.36. The first-order valence-corrected chi connectivity index (χ1v) is 9.42. The zero-order valence-electron chi connectivity index (χ0n) is 15.1. The Kier molecular flexibility index (Phi) is 6.08. The van der Waals surface area contributed by atoms with Crippen molar-refractivity contribution in [1.29, 1.82) is 0 Å². The predicted molar refractivity (Wildman–Crippen MR) is 104 cm³/mol. The molecule has 148 valence electrons. The van der Waals surface area contributed by atoms with E-state index in [0.717, 1.165) is 16.5 Å².